The number of aromatic nitrogens is 2. The van der Waals surface area contributed by atoms with Crippen molar-refractivity contribution in [3.05, 3.63) is 41.6 Å². The van der Waals surface area contributed by atoms with Crippen LogP contribution < -0.4 is 9.64 Å². The first-order valence-corrected chi connectivity index (χ1v) is 8.16. The highest BCUT2D eigenvalue weighted by Gasteiger charge is 2.36. The van der Waals surface area contributed by atoms with E-state index in [4.69, 9.17) is 4.74 Å². The van der Waals surface area contributed by atoms with E-state index < -0.39 is 11.7 Å². The first-order chi connectivity index (χ1) is 11.7. The van der Waals surface area contributed by atoms with Crippen molar-refractivity contribution >= 4 is 11.5 Å². The number of halogens is 3. The molecule has 0 N–H and O–H groups in total. The maximum atomic E-state index is 13.3. The quantitative estimate of drug-likeness (QED) is 0.732. The second-order valence-electron chi connectivity index (χ2n) is 6.03. The van der Waals surface area contributed by atoms with E-state index in [0.29, 0.717) is 5.69 Å². The fourth-order valence-electron chi connectivity index (χ4n) is 2.38. The fourth-order valence-corrected chi connectivity index (χ4v) is 2.38. The van der Waals surface area contributed by atoms with E-state index in [-0.39, 0.29) is 17.9 Å². The van der Waals surface area contributed by atoms with Crippen molar-refractivity contribution in [2.24, 2.45) is 0 Å². The van der Waals surface area contributed by atoms with E-state index in [0.717, 1.165) is 24.6 Å². The largest absolute Gasteiger partial charge is 0.461 e. The summed E-state index contributed by atoms with van der Waals surface area (Å²) in [6.07, 6.45) is -2.08. The summed E-state index contributed by atoms with van der Waals surface area (Å²) >= 11 is 0. The van der Waals surface area contributed by atoms with Crippen LogP contribution in [0.5, 0.6) is 6.01 Å². The lowest BCUT2D eigenvalue weighted by Crippen LogP contribution is -2.20. The van der Waals surface area contributed by atoms with E-state index in [2.05, 4.69) is 16.9 Å². The summed E-state index contributed by atoms with van der Waals surface area (Å²) in [5.74, 6) is -0.235. The van der Waals surface area contributed by atoms with Gasteiger partial charge in [0.05, 0.1) is 6.10 Å². The van der Waals surface area contributed by atoms with Crippen LogP contribution >= 0.6 is 0 Å². The van der Waals surface area contributed by atoms with Crippen LogP contribution in [0.25, 0.3) is 0 Å². The summed E-state index contributed by atoms with van der Waals surface area (Å²) in [6, 6.07) is 7.32. The number of rotatable bonds is 6. The Balaban J connectivity index is 2.42. The van der Waals surface area contributed by atoms with Crippen molar-refractivity contribution in [2.75, 3.05) is 11.9 Å². The standard InChI is InChI=1S/C18H22F3N3O/c1-5-6-13-7-9-14(10-8-13)24(4)16-15(18(19,20)21)11-22-17(23-16)25-12(2)3/h7-12H,5-6H2,1-4H3. The van der Waals surface area contributed by atoms with Gasteiger partial charge in [-0.25, -0.2) is 4.98 Å². The molecule has 0 radical (unpaired) electrons. The van der Waals surface area contributed by atoms with Gasteiger partial charge in [0.2, 0.25) is 0 Å². The molecule has 0 atom stereocenters. The Morgan fingerprint density at radius 1 is 1.16 bits per heavy atom. The molecule has 0 aliphatic rings. The Kier molecular flexibility index (Phi) is 5.87. The van der Waals surface area contributed by atoms with E-state index in [1.54, 1.807) is 33.0 Å². The summed E-state index contributed by atoms with van der Waals surface area (Å²) in [6.45, 7) is 5.60. The van der Waals surface area contributed by atoms with E-state index in [9.17, 15) is 13.2 Å². The molecule has 1 aromatic carbocycles. The smallest absolute Gasteiger partial charge is 0.421 e. The maximum absolute atomic E-state index is 13.3. The Morgan fingerprint density at radius 2 is 1.80 bits per heavy atom. The Hall–Kier alpha value is -2.31. The number of ether oxygens (including phenoxy) is 1. The molecule has 4 nitrogen and oxygen atoms in total. The predicted molar refractivity (Wildman–Crippen MR) is 91.3 cm³/mol. The Bertz CT molecular complexity index is 700. The SMILES string of the molecule is CCCc1ccc(N(C)c2nc(OC(C)C)ncc2C(F)(F)F)cc1. The van der Waals surface area contributed by atoms with Crippen LogP contribution in [0.4, 0.5) is 24.7 Å². The molecule has 0 bridgehead atoms. The van der Waals surface area contributed by atoms with E-state index >= 15 is 0 Å². The highest BCUT2D eigenvalue weighted by molar-refractivity contribution is 5.63. The summed E-state index contributed by atoms with van der Waals surface area (Å²) < 4.78 is 45.4. The van der Waals surface area contributed by atoms with Crippen LogP contribution in [-0.4, -0.2) is 23.1 Å². The number of alkyl halides is 3. The van der Waals surface area contributed by atoms with Crippen LogP contribution in [0.1, 0.15) is 38.3 Å². The van der Waals surface area contributed by atoms with Crippen LogP contribution in [0.2, 0.25) is 0 Å². The molecule has 0 saturated carbocycles. The lowest BCUT2D eigenvalue weighted by Gasteiger charge is -2.23. The van der Waals surface area contributed by atoms with Gasteiger partial charge >= 0.3 is 12.2 Å². The van der Waals surface area contributed by atoms with Gasteiger partial charge in [-0.05, 0) is 38.0 Å². The molecule has 0 saturated heterocycles. The molecular formula is C18H22F3N3O. The molecule has 0 amide bonds. The number of benzene rings is 1. The van der Waals surface area contributed by atoms with Crippen molar-refractivity contribution < 1.29 is 17.9 Å². The number of nitrogens with zero attached hydrogens (tertiary/aromatic N) is 3. The highest BCUT2D eigenvalue weighted by atomic mass is 19.4. The second-order valence-corrected chi connectivity index (χ2v) is 6.03. The van der Waals surface area contributed by atoms with Crippen molar-refractivity contribution in [3.63, 3.8) is 0 Å². The molecule has 136 valence electrons. The molecule has 0 fully saturated rings. The summed E-state index contributed by atoms with van der Waals surface area (Å²) in [5, 5.41) is 0. The van der Waals surface area contributed by atoms with Gasteiger partial charge in [-0.2, -0.15) is 18.2 Å². The molecule has 1 aromatic heterocycles. The van der Waals surface area contributed by atoms with Crippen LogP contribution in [-0.2, 0) is 12.6 Å². The fraction of sp³-hybridized carbons (Fsp3) is 0.444. The topological polar surface area (TPSA) is 38.2 Å². The minimum Gasteiger partial charge on any atom is -0.461 e. The average molecular weight is 353 g/mol. The minimum atomic E-state index is -4.55. The van der Waals surface area contributed by atoms with Gasteiger partial charge in [-0.1, -0.05) is 25.5 Å². The zero-order valence-corrected chi connectivity index (χ0v) is 14.8. The molecule has 1 heterocycles. The molecule has 0 spiro atoms. The Morgan fingerprint density at radius 3 is 2.32 bits per heavy atom. The number of hydrogen-bond acceptors (Lipinski definition) is 4. The normalized spacial score (nSPS) is 11.7. The summed E-state index contributed by atoms with van der Waals surface area (Å²) in [5.41, 5.74) is 0.852. The van der Waals surface area contributed by atoms with Gasteiger partial charge in [0.15, 0.2) is 5.82 Å². The van der Waals surface area contributed by atoms with Crippen molar-refractivity contribution in [2.45, 2.75) is 45.9 Å². The summed E-state index contributed by atoms with van der Waals surface area (Å²) in [4.78, 5) is 9.06. The monoisotopic (exact) mass is 353 g/mol. The van der Waals surface area contributed by atoms with Crippen molar-refractivity contribution in [3.8, 4) is 6.01 Å². The van der Waals surface area contributed by atoms with Crippen LogP contribution in [0, 0.1) is 0 Å². The lowest BCUT2D eigenvalue weighted by atomic mass is 10.1. The molecule has 2 rings (SSSR count). The van der Waals surface area contributed by atoms with Crippen LogP contribution in [0.3, 0.4) is 0 Å². The third-order valence-electron chi connectivity index (χ3n) is 3.57. The predicted octanol–water partition coefficient (Wildman–Crippen LogP) is 5.00. The molecule has 7 heteroatoms. The molecular weight excluding hydrogens is 331 g/mol. The lowest BCUT2D eigenvalue weighted by molar-refractivity contribution is -0.137. The Labute approximate surface area is 145 Å². The first-order valence-electron chi connectivity index (χ1n) is 8.16. The maximum Gasteiger partial charge on any atom is 0.421 e. The third-order valence-corrected chi connectivity index (χ3v) is 3.57. The third kappa shape index (κ3) is 4.84. The van der Waals surface area contributed by atoms with Gasteiger partial charge in [0.1, 0.15) is 5.56 Å². The second kappa shape index (κ2) is 7.72. The zero-order valence-electron chi connectivity index (χ0n) is 14.8. The highest BCUT2D eigenvalue weighted by Crippen LogP contribution is 2.37. The molecule has 2 aromatic rings. The molecule has 25 heavy (non-hydrogen) atoms. The first kappa shape index (κ1) is 19.0. The van der Waals surface area contributed by atoms with E-state index in [1.165, 1.54) is 4.90 Å². The van der Waals surface area contributed by atoms with Gasteiger partial charge in [-0.3, -0.25) is 0 Å². The molecule has 0 aliphatic heterocycles. The van der Waals surface area contributed by atoms with Gasteiger partial charge in [0, 0.05) is 18.9 Å². The minimum absolute atomic E-state index is 0.0764. The molecule has 0 unspecified atom stereocenters. The number of aryl methyl sites for hydroxylation is 1. The van der Waals surface area contributed by atoms with Crippen molar-refractivity contribution in [1.82, 2.24) is 9.97 Å². The van der Waals surface area contributed by atoms with Gasteiger partial charge < -0.3 is 9.64 Å². The van der Waals surface area contributed by atoms with Gasteiger partial charge in [0.25, 0.3) is 0 Å². The zero-order chi connectivity index (χ0) is 18.6. The van der Waals surface area contributed by atoms with E-state index in [1.807, 2.05) is 12.1 Å². The molecule has 0 aliphatic carbocycles. The average Bonchev–Trinajstić information content (AvgIpc) is 2.53. The number of hydrogen-bond donors (Lipinski definition) is 0. The van der Waals surface area contributed by atoms with Crippen molar-refractivity contribution in [1.29, 1.82) is 0 Å². The summed E-state index contributed by atoms with van der Waals surface area (Å²) in [7, 11) is 1.55. The number of anilines is 2. The van der Waals surface area contributed by atoms with Gasteiger partial charge in [-0.15, -0.1) is 0 Å². The van der Waals surface area contributed by atoms with Crippen LogP contribution in [0.15, 0.2) is 30.5 Å².